The molecular formula is C32H39FN6O5SSi. The average molecular weight is 667 g/mol. The summed E-state index contributed by atoms with van der Waals surface area (Å²) in [5, 5.41) is 15.1. The lowest BCUT2D eigenvalue weighted by molar-refractivity contribution is -0.0489. The van der Waals surface area contributed by atoms with Gasteiger partial charge in [0, 0.05) is 49.8 Å². The van der Waals surface area contributed by atoms with Gasteiger partial charge in [-0.2, -0.15) is 10.4 Å². The number of sulfone groups is 1. The zero-order valence-corrected chi connectivity index (χ0v) is 28.7. The highest BCUT2D eigenvalue weighted by molar-refractivity contribution is 7.92. The summed E-state index contributed by atoms with van der Waals surface area (Å²) in [7, 11) is -5.75. The summed E-state index contributed by atoms with van der Waals surface area (Å²) in [6, 6.07) is 12.4. The molecule has 4 aromatic rings. The highest BCUT2D eigenvalue weighted by atomic mass is 32.2. The van der Waals surface area contributed by atoms with Gasteiger partial charge in [0.05, 0.1) is 29.7 Å². The van der Waals surface area contributed by atoms with Crippen LogP contribution in [0.25, 0.3) is 22.2 Å². The molecule has 0 radical (unpaired) electrons. The molecule has 0 aliphatic carbocycles. The van der Waals surface area contributed by atoms with E-state index in [0.717, 1.165) is 6.04 Å². The second-order valence-electron chi connectivity index (χ2n) is 13.8. The molecule has 3 aromatic heterocycles. The van der Waals surface area contributed by atoms with E-state index >= 15 is 4.39 Å². The summed E-state index contributed by atoms with van der Waals surface area (Å²) < 4.78 is 58.2. The normalized spacial score (nSPS) is 15.7. The quantitative estimate of drug-likeness (QED) is 0.153. The molecule has 244 valence electrons. The minimum absolute atomic E-state index is 0.180. The number of hydrogen-bond donors (Lipinski definition) is 0. The van der Waals surface area contributed by atoms with Crippen LogP contribution in [0.15, 0.2) is 66.1 Å². The number of benzene rings is 1. The first-order chi connectivity index (χ1) is 21.6. The van der Waals surface area contributed by atoms with Crippen LogP contribution >= 0.6 is 0 Å². The van der Waals surface area contributed by atoms with Crippen molar-refractivity contribution in [2.75, 3.05) is 19.7 Å². The molecule has 1 aromatic carbocycles. The van der Waals surface area contributed by atoms with Gasteiger partial charge in [-0.15, -0.1) is 0 Å². The van der Waals surface area contributed by atoms with Crippen LogP contribution < -0.4 is 0 Å². The maximum atomic E-state index is 16.6. The molecule has 14 heteroatoms. The van der Waals surface area contributed by atoms with Gasteiger partial charge >= 0.3 is 6.09 Å². The number of aromatic nitrogens is 4. The van der Waals surface area contributed by atoms with Crippen molar-refractivity contribution in [3.8, 4) is 17.2 Å². The molecule has 46 heavy (non-hydrogen) atoms. The Morgan fingerprint density at radius 3 is 2.48 bits per heavy atom. The van der Waals surface area contributed by atoms with E-state index in [1.807, 2.05) is 16.8 Å². The molecule has 0 spiro atoms. The minimum atomic E-state index is -4.49. The van der Waals surface area contributed by atoms with Gasteiger partial charge in [-0.25, -0.2) is 22.6 Å². The summed E-state index contributed by atoms with van der Waals surface area (Å²) in [6.07, 6.45) is 5.61. The Kier molecular flexibility index (Phi) is 8.89. The smallest absolute Gasteiger partial charge is 0.410 e. The van der Waals surface area contributed by atoms with Crippen LogP contribution in [0.2, 0.25) is 25.7 Å². The number of pyridine rings is 1. The van der Waals surface area contributed by atoms with E-state index in [2.05, 4.69) is 35.8 Å². The molecule has 0 N–H and O–H groups in total. The van der Waals surface area contributed by atoms with Crippen molar-refractivity contribution >= 4 is 35.0 Å². The second-order valence-corrected chi connectivity index (χ2v) is 21.4. The van der Waals surface area contributed by atoms with Gasteiger partial charge < -0.3 is 18.9 Å². The third kappa shape index (κ3) is 6.58. The van der Waals surface area contributed by atoms with Crippen LogP contribution in [0.4, 0.5) is 9.18 Å². The molecule has 1 fully saturated rings. The third-order valence-electron chi connectivity index (χ3n) is 7.81. The van der Waals surface area contributed by atoms with E-state index in [0.29, 0.717) is 28.8 Å². The average Bonchev–Trinajstić information content (AvgIpc) is 3.61. The molecular weight excluding hydrogens is 628 g/mol. The van der Waals surface area contributed by atoms with Crippen molar-refractivity contribution in [1.29, 1.82) is 5.26 Å². The first kappa shape index (κ1) is 33.3. The van der Waals surface area contributed by atoms with Gasteiger partial charge in [0.1, 0.15) is 29.6 Å². The number of nitriles is 1. The van der Waals surface area contributed by atoms with E-state index in [1.165, 1.54) is 52.4 Å². The zero-order valence-electron chi connectivity index (χ0n) is 26.9. The molecule has 0 saturated carbocycles. The van der Waals surface area contributed by atoms with Crippen LogP contribution in [0.5, 0.6) is 0 Å². The standard InChI is InChI=1S/C32H39FN6O5SSi/c1-31(2,3)44-30(40)38-20-32(21-38,29(33)45(41,42)25-10-8-7-9-11-25)39-19-24(18-36-39)27-23(16-34)17-35-28-26(27)12-13-37(28)22-43-14-15-46(4,5)6/h7-13,17-19,29H,14-15,20-22H2,1-6H3. The van der Waals surface area contributed by atoms with Crippen molar-refractivity contribution in [3.63, 3.8) is 0 Å². The molecule has 1 aliphatic heterocycles. The Hall–Kier alpha value is -4.06. The van der Waals surface area contributed by atoms with E-state index in [1.54, 1.807) is 26.8 Å². The molecule has 1 aliphatic rings. The maximum absolute atomic E-state index is 16.6. The summed E-state index contributed by atoms with van der Waals surface area (Å²) in [4.78, 5) is 18.4. The zero-order chi connectivity index (χ0) is 33.5. The number of carbonyl (C=O) groups excluding carboxylic acids is 1. The number of alkyl halides is 1. The van der Waals surface area contributed by atoms with Gasteiger partial charge in [0.25, 0.3) is 0 Å². The number of amides is 1. The molecule has 5 rings (SSSR count). The molecule has 4 heterocycles. The van der Waals surface area contributed by atoms with E-state index in [4.69, 9.17) is 9.47 Å². The van der Waals surface area contributed by atoms with Crippen molar-refractivity contribution < 1.29 is 27.1 Å². The van der Waals surface area contributed by atoms with Crippen LogP contribution in [-0.4, -0.2) is 77.6 Å². The van der Waals surface area contributed by atoms with Gasteiger partial charge in [-0.1, -0.05) is 37.8 Å². The van der Waals surface area contributed by atoms with E-state index in [9.17, 15) is 18.5 Å². The number of nitrogens with zero attached hydrogens (tertiary/aromatic N) is 6. The number of fused-ring (bicyclic) bond motifs is 1. The van der Waals surface area contributed by atoms with Gasteiger partial charge in [0.2, 0.25) is 15.3 Å². The predicted octanol–water partition coefficient (Wildman–Crippen LogP) is 5.80. The molecule has 1 atom stereocenters. The lowest BCUT2D eigenvalue weighted by atomic mass is 9.91. The molecule has 0 bridgehead atoms. The number of rotatable bonds is 10. The van der Waals surface area contributed by atoms with E-state index < -0.39 is 40.6 Å². The first-order valence-electron chi connectivity index (χ1n) is 15.0. The van der Waals surface area contributed by atoms with Crippen molar-refractivity contribution in [1.82, 2.24) is 24.2 Å². The fourth-order valence-electron chi connectivity index (χ4n) is 5.36. The van der Waals surface area contributed by atoms with Gasteiger partial charge in [-0.3, -0.25) is 4.68 Å². The molecule has 11 nitrogen and oxygen atoms in total. The number of ether oxygens (including phenoxy) is 2. The topological polar surface area (TPSA) is 132 Å². The molecule has 1 saturated heterocycles. The second kappa shape index (κ2) is 12.3. The fraction of sp³-hybridized carbons (Fsp3) is 0.438. The molecule has 1 unspecified atom stereocenters. The fourth-order valence-corrected chi connectivity index (χ4v) is 7.72. The highest BCUT2D eigenvalue weighted by Gasteiger charge is 2.59. The highest BCUT2D eigenvalue weighted by Crippen LogP contribution is 2.41. The summed E-state index contributed by atoms with van der Waals surface area (Å²) in [5.74, 6) is 0. The maximum Gasteiger partial charge on any atom is 0.410 e. The van der Waals surface area contributed by atoms with Gasteiger partial charge in [-0.05, 0) is 45.0 Å². The monoisotopic (exact) mass is 666 g/mol. The van der Waals surface area contributed by atoms with E-state index in [-0.39, 0.29) is 30.3 Å². The van der Waals surface area contributed by atoms with Gasteiger partial charge in [0.15, 0.2) is 0 Å². The largest absolute Gasteiger partial charge is 0.444 e. The van der Waals surface area contributed by atoms with Crippen molar-refractivity contribution in [2.45, 2.75) is 74.7 Å². The van der Waals surface area contributed by atoms with Crippen LogP contribution in [-0.2, 0) is 31.6 Å². The number of hydrogen-bond acceptors (Lipinski definition) is 8. The Bertz CT molecular complexity index is 1880. The van der Waals surface area contributed by atoms with Crippen molar-refractivity contribution in [2.24, 2.45) is 0 Å². The third-order valence-corrected chi connectivity index (χ3v) is 11.4. The summed E-state index contributed by atoms with van der Waals surface area (Å²) in [5.41, 5.74) is -3.12. The Labute approximate surface area is 269 Å². The minimum Gasteiger partial charge on any atom is -0.444 e. The number of carbonyl (C=O) groups is 1. The first-order valence-corrected chi connectivity index (χ1v) is 20.2. The van der Waals surface area contributed by atoms with Crippen LogP contribution in [0, 0.1) is 11.3 Å². The van der Waals surface area contributed by atoms with Crippen molar-refractivity contribution in [3.05, 3.63) is 66.7 Å². The van der Waals surface area contributed by atoms with Crippen LogP contribution in [0.3, 0.4) is 0 Å². The Morgan fingerprint density at radius 1 is 1.15 bits per heavy atom. The Balaban J connectivity index is 1.51. The lowest BCUT2D eigenvalue weighted by Crippen LogP contribution is -2.70. The summed E-state index contributed by atoms with van der Waals surface area (Å²) >= 11 is 0. The predicted molar refractivity (Wildman–Crippen MR) is 174 cm³/mol. The molecule has 1 amide bonds. The summed E-state index contributed by atoms with van der Waals surface area (Å²) in [6.45, 7) is 12.3. The Morgan fingerprint density at radius 2 is 1.85 bits per heavy atom. The SMILES string of the molecule is CC(C)(C)OC(=O)N1CC(C(F)S(=O)(=O)c2ccccc2)(n2cc(-c3c(C#N)cnc4c3ccn4COCC[Si](C)(C)C)cn2)C1. The number of halogens is 1. The van der Waals surface area contributed by atoms with Crippen LogP contribution in [0.1, 0.15) is 26.3 Å². The number of likely N-dealkylation sites (tertiary alicyclic amines) is 1. The lowest BCUT2D eigenvalue weighted by Gasteiger charge is -2.50.